The second-order valence-corrected chi connectivity index (χ2v) is 5.10. The van der Waals surface area contributed by atoms with Crippen LogP contribution < -0.4 is 5.69 Å². The fourth-order valence-electron chi connectivity index (χ4n) is 2.68. The summed E-state index contributed by atoms with van der Waals surface area (Å²) in [5.74, 6) is 0.507. The molecule has 2 aromatic rings. The van der Waals surface area contributed by atoms with E-state index in [1.165, 1.54) is 0 Å². The number of likely N-dealkylation sites (tertiary alicyclic amines) is 1. The van der Waals surface area contributed by atoms with Crippen molar-refractivity contribution in [3.63, 3.8) is 0 Å². The van der Waals surface area contributed by atoms with Gasteiger partial charge in [0.05, 0.1) is 6.04 Å². The molecule has 0 aliphatic carbocycles. The van der Waals surface area contributed by atoms with E-state index in [0.29, 0.717) is 25.2 Å². The molecule has 9 heteroatoms. The molecule has 3 rings (SSSR count). The molecule has 2 N–H and O–H groups in total. The zero-order valence-corrected chi connectivity index (χ0v) is 11.6. The molecule has 1 amide bonds. The van der Waals surface area contributed by atoms with E-state index >= 15 is 0 Å². The van der Waals surface area contributed by atoms with Crippen LogP contribution in [-0.4, -0.2) is 42.8 Å². The lowest BCUT2D eigenvalue weighted by Gasteiger charge is -2.23. The van der Waals surface area contributed by atoms with E-state index in [2.05, 4.69) is 25.5 Å². The maximum absolute atomic E-state index is 12.4. The summed E-state index contributed by atoms with van der Waals surface area (Å²) < 4.78 is 4.73. The third kappa shape index (κ3) is 2.71. The van der Waals surface area contributed by atoms with Gasteiger partial charge in [0.1, 0.15) is 17.2 Å². The third-order valence-corrected chi connectivity index (χ3v) is 3.70. The number of carbonyl (C=O) groups is 1. The van der Waals surface area contributed by atoms with Crippen molar-refractivity contribution in [1.82, 2.24) is 30.4 Å². The fraction of sp³-hybridized carbons (Fsp3) is 0.583. The number of hydrogen-bond donors (Lipinski definition) is 2. The first-order valence-electron chi connectivity index (χ1n) is 6.87. The first-order chi connectivity index (χ1) is 10.1. The lowest BCUT2D eigenvalue weighted by Crippen LogP contribution is -2.31. The molecular formula is C12H16N6O3. The van der Waals surface area contributed by atoms with Crippen LogP contribution in [0, 0.1) is 6.92 Å². The molecule has 9 nitrogen and oxygen atoms in total. The minimum Gasteiger partial charge on any atom is -0.334 e. The number of rotatable bonds is 4. The van der Waals surface area contributed by atoms with Gasteiger partial charge in [-0.1, -0.05) is 10.3 Å². The summed E-state index contributed by atoms with van der Waals surface area (Å²) in [5.41, 5.74) is 1.09. The van der Waals surface area contributed by atoms with Crippen molar-refractivity contribution in [3.05, 3.63) is 27.7 Å². The quantitative estimate of drug-likeness (QED) is 0.823. The SMILES string of the molecule is Cc1nonc1C1CCCN1C(=O)CCc1n[nH]c(=O)[nH]1. The Kier molecular flexibility index (Phi) is 3.55. The van der Waals surface area contributed by atoms with Gasteiger partial charge in [0.2, 0.25) is 5.91 Å². The monoisotopic (exact) mass is 292 g/mol. The van der Waals surface area contributed by atoms with Gasteiger partial charge >= 0.3 is 5.69 Å². The molecule has 0 aromatic carbocycles. The van der Waals surface area contributed by atoms with Crippen LogP contribution in [0.25, 0.3) is 0 Å². The van der Waals surface area contributed by atoms with E-state index in [4.69, 9.17) is 4.63 Å². The van der Waals surface area contributed by atoms with Crippen molar-refractivity contribution in [3.8, 4) is 0 Å². The van der Waals surface area contributed by atoms with Crippen LogP contribution >= 0.6 is 0 Å². The highest BCUT2D eigenvalue weighted by Gasteiger charge is 2.33. The van der Waals surface area contributed by atoms with Crippen LogP contribution in [0.1, 0.15) is 42.5 Å². The van der Waals surface area contributed by atoms with E-state index in [1.54, 1.807) is 4.90 Å². The molecule has 1 saturated heterocycles. The maximum Gasteiger partial charge on any atom is 0.340 e. The number of amides is 1. The highest BCUT2D eigenvalue weighted by Crippen LogP contribution is 2.32. The molecule has 0 spiro atoms. The molecule has 0 saturated carbocycles. The van der Waals surface area contributed by atoms with Gasteiger partial charge in [0.25, 0.3) is 0 Å². The fourth-order valence-corrected chi connectivity index (χ4v) is 2.68. The largest absolute Gasteiger partial charge is 0.340 e. The number of carbonyl (C=O) groups excluding carboxylic acids is 1. The smallest absolute Gasteiger partial charge is 0.334 e. The Balaban J connectivity index is 1.66. The summed E-state index contributed by atoms with van der Waals surface area (Å²) in [5, 5.41) is 13.8. The molecule has 1 atom stereocenters. The summed E-state index contributed by atoms with van der Waals surface area (Å²) in [6.07, 6.45) is 2.49. The van der Waals surface area contributed by atoms with Crippen LogP contribution in [0.15, 0.2) is 9.42 Å². The highest BCUT2D eigenvalue weighted by molar-refractivity contribution is 5.77. The van der Waals surface area contributed by atoms with E-state index < -0.39 is 0 Å². The van der Waals surface area contributed by atoms with Gasteiger partial charge < -0.3 is 4.90 Å². The number of hydrogen-bond acceptors (Lipinski definition) is 6. The maximum atomic E-state index is 12.4. The lowest BCUT2D eigenvalue weighted by atomic mass is 10.1. The molecule has 3 heterocycles. The van der Waals surface area contributed by atoms with Gasteiger partial charge in [0, 0.05) is 19.4 Å². The summed E-state index contributed by atoms with van der Waals surface area (Å²) in [6, 6.07) is -0.0676. The number of aryl methyl sites for hydroxylation is 2. The van der Waals surface area contributed by atoms with Crippen molar-refractivity contribution in [2.45, 2.75) is 38.6 Å². The molecule has 1 aliphatic rings. The van der Waals surface area contributed by atoms with Crippen molar-refractivity contribution in [2.75, 3.05) is 6.54 Å². The van der Waals surface area contributed by atoms with Crippen LogP contribution in [0.3, 0.4) is 0 Å². The normalized spacial score (nSPS) is 18.3. The van der Waals surface area contributed by atoms with Gasteiger partial charge in [-0.05, 0) is 19.8 Å². The average Bonchev–Trinajstić information content (AvgIpc) is 3.16. The van der Waals surface area contributed by atoms with Gasteiger partial charge in [-0.15, -0.1) is 0 Å². The molecular weight excluding hydrogens is 276 g/mol. The summed E-state index contributed by atoms with van der Waals surface area (Å²) >= 11 is 0. The van der Waals surface area contributed by atoms with Crippen LogP contribution in [0.5, 0.6) is 0 Å². The highest BCUT2D eigenvalue weighted by atomic mass is 16.6. The third-order valence-electron chi connectivity index (χ3n) is 3.70. The number of H-pyrrole nitrogens is 2. The standard InChI is InChI=1S/C12H16N6O3/c1-7-11(17-21-16-7)8-3-2-6-18(8)10(19)5-4-9-13-12(20)15-14-9/h8H,2-6H2,1H3,(H2,13,14,15,20). The second kappa shape index (κ2) is 5.51. The molecule has 0 radical (unpaired) electrons. The molecule has 1 fully saturated rings. The van der Waals surface area contributed by atoms with Crippen LogP contribution in [0.4, 0.5) is 0 Å². The van der Waals surface area contributed by atoms with Gasteiger partial charge in [0.15, 0.2) is 0 Å². The van der Waals surface area contributed by atoms with Gasteiger partial charge in [-0.3, -0.25) is 9.78 Å². The Bertz CT molecular complexity index is 687. The number of aromatic amines is 2. The molecule has 2 aromatic heterocycles. The van der Waals surface area contributed by atoms with Gasteiger partial charge in [-0.25, -0.2) is 14.5 Å². The van der Waals surface area contributed by atoms with E-state index in [9.17, 15) is 9.59 Å². The minimum atomic E-state index is -0.360. The van der Waals surface area contributed by atoms with Gasteiger partial charge in [-0.2, -0.15) is 5.10 Å². The van der Waals surface area contributed by atoms with Crippen LogP contribution in [0.2, 0.25) is 0 Å². The Hall–Kier alpha value is -2.45. The zero-order valence-electron chi connectivity index (χ0n) is 11.6. The molecule has 21 heavy (non-hydrogen) atoms. The predicted octanol–water partition coefficient (Wildman–Crippen LogP) is 0.0857. The Morgan fingerprint density at radius 3 is 3.00 bits per heavy atom. The first kappa shape index (κ1) is 13.5. The van der Waals surface area contributed by atoms with E-state index in [1.807, 2.05) is 6.92 Å². The van der Waals surface area contributed by atoms with E-state index in [0.717, 1.165) is 24.2 Å². The summed E-state index contributed by atoms with van der Waals surface area (Å²) in [4.78, 5) is 27.6. The molecule has 112 valence electrons. The second-order valence-electron chi connectivity index (χ2n) is 5.10. The molecule has 0 bridgehead atoms. The zero-order chi connectivity index (χ0) is 14.8. The Morgan fingerprint density at radius 2 is 2.33 bits per heavy atom. The minimum absolute atomic E-state index is 0.0174. The Morgan fingerprint density at radius 1 is 1.48 bits per heavy atom. The first-order valence-corrected chi connectivity index (χ1v) is 6.87. The van der Waals surface area contributed by atoms with E-state index in [-0.39, 0.29) is 17.6 Å². The van der Waals surface area contributed by atoms with Crippen molar-refractivity contribution >= 4 is 5.91 Å². The number of nitrogens with zero attached hydrogens (tertiary/aromatic N) is 4. The average molecular weight is 292 g/mol. The topological polar surface area (TPSA) is 121 Å². The van der Waals surface area contributed by atoms with Crippen molar-refractivity contribution in [2.24, 2.45) is 0 Å². The predicted molar refractivity (Wildman–Crippen MR) is 70.3 cm³/mol. The Labute approximate surface area is 119 Å². The number of nitrogens with one attached hydrogen (secondary N) is 2. The lowest BCUT2D eigenvalue weighted by molar-refractivity contribution is -0.132. The molecule has 1 aliphatic heterocycles. The van der Waals surface area contributed by atoms with Crippen molar-refractivity contribution in [1.29, 1.82) is 0 Å². The summed E-state index contributed by atoms with van der Waals surface area (Å²) in [7, 11) is 0. The summed E-state index contributed by atoms with van der Waals surface area (Å²) in [6.45, 7) is 2.52. The number of aromatic nitrogens is 5. The van der Waals surface area contributed by atoms with Crippen molar-refractivity contribution < 1.29 is 9.42 Å². The van der Waals surface area contributed by atoms with Crippen LogP contribution in [-0.2, 0) is 11.2 Å². The molecule has 1 unspecified atom stereocenters.